The summed E-state index contributed by atoms with van der Waals surface area (Å²) in [6, 6.07) is 8.36. The highest BCUT2D eigenvalue weighted by Crippen LogP contribution is 2.32. The molecule has 0 bridgehead atoms. The third-order valence-corrected chi connectivity index (χ3v) is 5.65. The number of carbonyl (C=O) groups is 1. The number of thiophene rings is 1. The molecule has 4 rings (SSSR count). The second kappa shape index (κ2) is 9.16. The van der Waals surface area contributed by atoms with Crippen molar-refractivity contribution in [1.29, 1.82) is 0 Å². The molecule has 3 aromatic rings. The van der Waals surface area contributed by atoms with Crippen LogP contribution in [0.2, 0.25) is 0 Å². The lowest BCUT2D eigenvalue weighted by molar-refractivity contribution is -0.137. The first-order valence-corrected chi connectivity index (χ1v) is 10.6. The van der Waals surface area contributed by atoms with Crippen molar-refractivity contribution in [2.45, 2.75) is 6.18 Å². The molecule has 7 nitrogen and oxygen atoms in total. The van der Waals surface area contributed by atoms with Crippen molar-refractivity contribution in [3.05, 3.63) is 53.2 Å². The second-order valence-electron chi connectivity index (χ2n) is 6.91. The normalized spacial score (nSPS) is 15.2. The Bertz CT molecular complexity index is 1030. The number of aromatic nitrogens is 3. The maximum Gasteiger partial charge on any atom is 0.416 e. The summed E-state index contributed by atoms with van der Waals surface area (Å²) in [6.45, 7) is 4.02. The van der Waals surface area contributed by atoms with E-state index >= 15 is 0 Å². The average Bonchev–Trinajstić information content (AvgIpc) is 3.44. The molecule has 1 fully saturated rings. The van der Waals surface area contributed by atoms with E-state index in [1.54, 1.807) is 12.1 Å². The quantitative estimate of drug-likeness (QED) is 0.624. The molecule has 1 saturated heterocycles. The van der Waals surface area contributed by atoms with E-state index in [2.05, 4.69) is 20.3 Å². The van der Waals surface area contributed by atoms with E-state index in [4.69, 9.17) is 4.74 Å². The Morgan fingerprint density at radius 3 is 2.71 bits per heavy atom. The Labute approximate surface area is 180 Å². The van der Waals surface area contributed by atoms with Gasteiger partial charge in [-0.05, 0) is 29.6 Å². The molecule has 31 heavy (non-hydrogen) atoms. The molecule has 3 heterocycles. The molecular formula is C20H20F3N5O2S. The molecule has 1 amide bonds. The summed E-state index contributed by atoms with van der Waals surface area (Å²) in [4.78, 5) is 19.8. The van der Waals surface area contributed by atoms with Gasteiger partial charge in [0.05, 0.1) is 29.3 Å². The third kappa shape index (κ3) is 5.12. The van der Waals surface area contributed by atoms with Crippen LogP contribution in [0.15, 0.2) is 41.8 Å². The first-order chi connectivity index (χ1) is 14.9. The highest BCUT2D eigenvalue weighted by molar-refractivity contribution is 7.13. The van der Waals surface area contributed by atoms with Gasteiger partial charge in [-0.2, -0.15) is 13.2 Å². The Hall–Kier alpha value is -2.76. The van der Waals surface area contributed by atoms with Crippen LogP contribution in [-0.4, -0.2) is 65.0 Å². The van der Waals surface area contributed by atoms with Crippen molar-refractivity contribution in [3.63, 3.8) is 0 Å². The molecule has 0 unspecified atom stereocenters. The van der Waals surface area contributed by atoms with Crippen molar-refractivity contribution < 1.29 is 22.7 Å². The Balaban J connectivity index is 1.57. The standard InChI is InChI=1S/C20H20F3N5O2S/c21-20(22,23)14-3-1-4-15(13-14)28-18(16-5-2-12-31-16)25-17(26-28)19(29)24-6-7-27-8-10-30-11-9-27/h1-5,12-13H,6-11H2,(H,24,29). The van der Waals surface area contributed by atoms with Crippen LogP contribution in [0.25, 0.3) is 16.4 Å². The van der Waals surface area contributed by atoms with Crippen molar-refractivity contribution in [3.8, 4) is 16.4 Å². The van der Waals surface area contributed by atoms with Gasteiger partial charge in [0, 0.05) is 26.2 Å². The second-order valence-corrected chi connectivity index (χ2v) is 7.85. The Kier molecular flexibility index (Phi) is 6.35. The number of rotatable bonds is 6. The predicted molar refractivity (Wildman–Crippen MR) is 109 cm³/mol. The molecule has 0 atom stereocenters. The fraction of sp³-hybridized carbons (Fsp3) is 0.350. The van der Waals surface area contributed by atoms with Crippen LogP contribution in [0.1, 0.15) is 16.2 Å². The van der Waals surface area contributed by atoms with Gasteiger partial charge in [0.25, 0.3) is 5.91 Å². The molecule has 0 radical (unpaired) electrons. The minimum absolute atomic E-state index is 0.0946. The van der Waals surface area contributed by atoms with Crippen LogP contribution in [0.4, 0.5) is 13.2 Å². The minimum Gasteiger partial charge on any atom is -0.379 e. The summed E-state index contributed by atoms with van der Waals surface area (Å²) < 4.78 is 46.1. The molecule has 2 aromatic heterocycles. The van der Waals surface area contributed by atoms with Crippen molar-refractivity contribution in [1.82, 2.24) is 25.0 Å². The lowest BCUT2D eigenvalue weighted by atomic mass is 10.2. The van der Waals surface area contributed by atoms with Crippen LogP contribution in [0, 0.1) is 0 Å². The van der Waals surface area contributed by atoms with Crippen LogP contribution >= 0.6 is 11.3 Å². The number of carbonyl (C=O) groups excluding carboxylic acids is 1. The molecule has 1 N–H and O–H groups in total. The van der Waals surface area contributed by atoms with E-state index in [1.165, 1.54) is 28.2 Å². The zero-order chi connectivity index (χ0) is 21.8. The average molecular weight is 451 g/mol. The maximum absolute atomic E-state index is 13.2. The lowest BCUT2D eigenvalue weighted by Gasteiger charge is -2.26. The van der Waals surface area contributed by atoms with Crippen LogP contribution in [0.5, 0.6) is 0 Å². The monoisotopic (exact) mass is 451 g/mol. The Morgan fingerprint density at radius 1 is 1.19 bits per heavy atom. The number of alkyl halides is 3. The fourth-order valence-electron chi connectivity index (χ4n) is 3.20. The van der Waals surface area contributed by atoms with Gasteiger partial charge in [0.1, 0.15) is 0 Å². The first-order valence-electron chi connectivity index (χ1n) is 9.69. The number of amides is 1. The van der Waals surface area contributed by atoms with Crippen molar-refractivity contribution in [2.75, 3.05) is 39.4 Å². The molecule has 11 heteroatoms. The van der Waals surface area contributed by atoms with Gasteiger partial charge < -0.3 is 10.1 Å². The number of nitrogens with one attached hydrogen (secondary N) is 1. The van der Waals surface area contributed by atoms with Gasteiger partial charge >= 0.3 is 6.18 Å². The van der Waals surface area contributed by atoms with Gasteiger partial charge in [0.2, 0.25) is 5.82 Å². The maximum atomic E-state index is 13.2. The third-order valence-electron chi connectivity index (χ3n) is 4.79. The number of hydrogen-bond acceptors (Lipinski definition) is 6. The van der Waals surface area contributed by atoms with E-state index in [9.17, 15) is 18.0 Å². The van der Waals surface area contributed by atoms with E-state index < -0.39 is 17.6 Å². The molecular weight excluding hydrogens is 431 g/mol. The number of hydrogen-bond donors (Lipinski definition) is 1. The highest BCUT2D eigenvalue weighted by atomic mass is 32.1. The van der Waals surface area contributed by atoms with Crippen LogP contribution in [-0.2, 0) is 10.9 Å². The summed E-state index contributed by atoms with van der Waals surface area (Å²) in [5.41, 5.74) is -0.618. The number of morpholine rings is 1. The van der Waals surface area contributed by atoms with E-state index in [1.807, 2.05) is 5.38 Å². The number of benzene rings is 1. The topological polar surface area (TPSA) is 72.3 Å². The van der Waals surface area contributed by atoms with Gasteiger partial charge in [-0.1, -0.05) is 12.1 Å². The summed E-state index contributed by atoms with van der Waals surface area (Å²) in [5, 5.41) is 8.83. The molecule has 0 saturated carbocycles. The van der Waals surface area contributed by atoms with E-state index in [-0.39, 0.29) is 11.5 Å². The van der Waals surface area contributed by atoms with E-state index in [0.717, 1.165) is 25.2 Å². The number of halogens is 3. The van der Waals surface area contributed by atoms with Crippen LogP contribution < -0.4 is 5.32 Å². The minimum atomic E-state index is -4.49. The zero-order valence-corrected chi connectivity index (χ0v) is 17.2. The fourth-order valence-corrected chi connectivity index (χ4v) is 3.90. The molecule has 0 aliphatic carbocycles. The number of ether oxygens (including phenoxy) is 1. The summed E-state index contributed by atoms with van der Waals surface area (Å²) in [7, 11) is 0. The summed E-state index contributed by atoms with van der Waals surface area (Å²) >= 11 is 1.36. The number of nitrogens with zero attached hydrogens (tertiary/aromatic N) is 4. The van der Waals surface area contributed by atoms with Gasteiger partial charge in [-0.15, -0.1) is 16.4 Å². The largest absolute Gasteiger partial charge is 0.416 e. The summed E-state index contributed by atoms with van der Waals surface area (Å²) in [6.07, 6.45) is -4.49. The molecule has 0 spiro atoms. The highest BCUT2D eigenvalue weighted by Gasteiger charge is 2.31. The smallest absolute Gasteiger partial charge is 0.379 e. The van der Waals surface area contributed by atoms with Gasteiger partial charge in [0.15, 0.2) is 5.82 Å². The van der Waals surface area contributed by atoms with Crippen molar-refractivity contribution >= 4 is 17.2 Å². The van der Waals surface area contributed by atoms with Gasteiger partial charge in [-0.25, -0.2) is 9.67 Å². The molecule has 1 aliphatic rings. The van der Waals surface area contributed by atoms with Gasteiger partial charge in [-0.3, -0.25) is 9.69 Å². The molecule has 1 aromatic carbocycles. The van der Waals surface area contributed by atoms with E-state index in [0.29, 0.717) is 37.0 Å². The SMILES string of the molecule is O=C(NCCN1CCOCC1)c1nc(-c2cccs2)n(-c2cccc(C(F)(F)F)c2)n1. The molecule has 1 aliphatic heterocycles. The van der Waals surface area contributed by atoms with Crippen molar-refractivity contribution in [2.24, 2.45) is 0 Å². The Morgan fingerprint density at radius 2 is 2.00 bits per heavy atom. The summed E-state index contributed by atoms with van der Waals surface area (Å²) in [5.74, 6) is -0.257. The van der Waals surface area contributed by atoms with Crippen LogP contribution in [0.3, 0.4) is 0 Å². The first kappa shape index (κ1) is 21.5. The predicted octanol–water partition coefficient (Wildman–Crippen LogP) is 3.08. The lowest BCUT2D eigenvalue weighted by Crippen LogP contribution is -2.41. The molecule has 164 valence electrons. The zero-order valence-electron chi connectivity index (χ0n) is 16.4.